The molecule has 1 saturated carbocycles. The van der Waals surface area contributed by atoms with Crippen LogP contribution in [0, 0.1) is 5.41 Å². The summed E-state index contributed by atoms with van der Waals surface area (Å²) in [4.78, 5) is 0. The maximum Gasteiger partial charge on any atom is 0.211 e. The smallest absolute Gasteiger partial charge is 0.211 e. The van der Waals surface area contributed by atoms with E-state index >= 15 is 0 Å². The van der Waals surface area contributed by atoms with E-state index in [1.54, 1.807) is 0 Å². The van der Waals surface area contributed by atoms with E-state index in [1.807, 2.05) is 0 Å². The Kier molecular flexibility index (Phi) is 1.56. The number of nitrogens with two attached hydrogens (primary N) is 1. The first-order valence-corrected chi connectivity index (χ1v) is 5.97. The van der Waals surface area contributed by atoms with Gasteiger partial charge in [-0.2, -0.15) is 0 Å². The third kappa shape index (κ3) is 1.16. The first-order valence-electron chi connectivity index (χ1n) is 4.12. The third-order valence-electron chi connectivity index (χ3n) is 2.88. The standard InChI is InChI=1S/C7H14N2O2S/c1-12(10,11)9-4-7(5-9)2-6(8)3-7/h6H,2-5,8H2,1H3. The van der Waals surface area contributed by atoms with Crippen LogP contribution in [0.4, 0.5) is 0 Å². The number of sulfonamides is 1. The van der Waals surface area contributed by atoms with Crippen LogP contribution in [-0.4, -0.2) is 38.1 Å². The largest absolute Gasteiger partial charge is 0.328 e. The maximum atomic E-state index is 11.0. The van der Waals surface area contributed by atoms with Crippen molar-refractivity contribution in [3.05, 3.63) is 0 Å². The summed E-state index contributed by atoms with van der Waals surface area (Å²) < 4.78 is 23.6. The summed E-state index contributed by atoms with van der Waals surface area (Å²) in [5, 5.41) is 0. The minimum absolute atomic E-state index is 0.266. The van der Waals surface area contributed by atoms with Crippen molar-refractivity contribution in [3.63, 3.8) is 0 Å². The lowest BCUT2D eigenvalue weighted by Crippen LogP contribution is -2.66. The molecule has 2 rings (SSSR count). The van der Waals surface area contributed by atoms with Crippen LogP contribution in [-0.2, 0) is 10.0 Å². The van der Waals surface area contributed by atoms with Gasteiger partial charge in [-0.25, -0.2) is 12.7 Å². The summed E-state index contributed by atoms with van der Waals surface area (Å²) >= 11 is 0. The zero-order chi connectivity index (χ0) is 8.98. The Balaban J connectivity index is 1.93. The van der Waals surface area contributed by atoms with Crippen molar-refractivity contribution in [3.8, 4) is 0 Å². The van der Waals surface area contributed by atoms with Crippen LogP contribution >= 0.6 is 0 Å². The number of nitrogens with zero attached hydrogens (tertiary/aromatic N) is 1. The van der Waals surface area contributed by atoms with Crippen LogP contribution < -0.4 is 5.73 Å². The van der Waals surface area contributed by atoms with Crippen LogP contribution in [0.15, 0.2) is 0 Å². The van der Waals surface area contributed by atoms with E-state index in [4.69, 9.17) is 5.73 Å². The van der Waals surface area contributed by atoms with Crippen molar-refractivity contribution in [1.82, 2.24) is 4.31 Å². The predicted molar refractivity (Wildman–Crippen MR) is 46.1 cm³/mol. The van der Waals surface area contributed by atoms with E-state index < -0.39 is 10.0 Å². The fourth-order valence-corrected chi connectivity index (χ4v) is 3.26. The monoisotopic (exact) mass is 190 g/mol. The molecule has 2 N–H and O–H groups in total. The fraction of sp³-hybridized carbons (Fsp3) is 1.00. The van der Waals surface area contributed by atoms with Crippen LogP contribution in [0.1, 0.15) is 12.8 Å². The van der Waals surface area contributed by atoms with E-state index in [0.717, 1.165) is 12.8 Å². The first kappa shape index (κ1) is 8.47. The molecule has 0 aromatic rings. The Morgan fingerprint density at radius 1 is 1.42 bits per heavy atom. The van der Waals surface area contributed by atoms with Gasteiger partial charge in [0.05, 0.1) is 6.26 Å². The minimum Gasteiger partial charge on any atom is -0.328 e. The maximum absolute atomic E-state index is 11.0. The predicted octanol–water partition coefficient (Wildman–Crippen LogP) is -0.631. The zero-order valence-corrected chi connectivity index (χ0v) is 7.97. The Bertz CT molecular complexity index is 285. The van der Waals surface area contributed by atoms with Crippen molar-refractivity contribution in [2.45, 2.75) is 18.9 Å². The quantitative estimate of drug-likeness (QED) is 0.598. The van der Waals surface area contributed by atoms with Gasteiger partial charge in [-0.15, -0.1) is 0 Å². The summed E-state index contributed by atoms with van der Waals surface area (Å²) in [6.07, 6.45) is 3.26. The van der Waals surface area contributed by atoms with E-state index in [9.17, 15) is 8.42 Å². The van der Waals surface area contributed by atoms with Crippen LogP contribution in [0.2, 0.25) is 0 Å². The minimum atomic E-state index is -2.94. The molecule has 1 aliphatic carbocycles. The molecule has 1 aliphatic heterocycles. The van der Waals surface area contributed by atoms with Crippen molar-refractivity contribution in [1.29, 1.82) is 0 Å². The lowest BCUT2D eigenvalue weighted by Gasteiger charge is -2.57. The van der Waals surface area contributed by atoms with Crippen LogP contribution in [0.5, 0.6) is 0 Å². The highest BCUT2D eigenvalue weighted by atomic mass is 32.2. The molecule has 12 heavy (non-hydrogen) atoms. The molecule has 2 fully saturated rings. The van der Waals surface area contributed by atoms with Gasteiger partial charge in [0.1, 0.15) is 0 Å². The molecule has 0 bridgehead atoms. The molecule has 0 amide bonds. The van der Waals surface area contributed by atoms with E-state index in [-0.39, 0.29) is 5.41 Å². The topological polar surface area (TPSA) is 63.4 Å². The summed E-state index contributed by atoms with van der Waals surface area (Å²) in [6.45, 7) is 1.39. The van der Waals surface area contributed by atoms with Gasteiger partial charge in [0.25, 0.3) is 0 Å². The SMILES string of the molecule is CS(=O)(=O)N1CC2(CC(N)C2)C1. The molecule has 70 valence electrons. The van der Waals surface area contributed by atoms with Crippen molar-refractivity contribution in [2.75, 3.05) is 19.3 Å². The normalized spacial score (nSPS) is 29.8. The second kappa shape index (κ2) is 2.21. The zero-order valence-electron chi connectivity index (χ0n) is 7.16. The summed E-state index contributed by atoms with van der Waals surface area (Å²) in [5.74, 6) is 0. The molecule has 1 heterocycles. The Hall–Kier alpha value is -0.130. The van der Waals surface area contributed by atoms with Gasteiger partial charge in [0, 0.05) is 24.5 Å². The molecule has 0 atom stereocenters. The van der Waals surface area contributed by atoms with Crippen molar-refractivity contribution < 1.29 is 8.42 Å². The van der Waals surface area contributed by atoms with Crippen LogP contribution in [0.25, 0.3) is 0 Å². The van der Waals surface area contributed by atoms with E-state index in [0.29, 0.717) is 19.1 Å². The second-order valence-corrected chi connectivity index (χ2v) is 6.18. The van der Waals surface area contributed by atoms with Gasteiger partial charge in [-0.3, -0.25) is 0 Å². The highest BCUT2D eigenvalue weighted by Crippen LogP contribution is 2.48. The van der Waals surface area contributed by atoms with Gasteiger partial charge in [-0.05, 0) is 12.8 Å². The molecule has 1 spiro atoms. The number of hydrogen-bond donors (Lipinski definition) is 1. The lowest BCUT2D eigenvalue weighted by molar-refractivity contribution is -0.0225. The van der Waals surface area contributed by atoms with Crippen LogP contribution in [0.3, 0.4) is 0 Å². The van der Waals surface area contributed by atoms with E-state index in [1.165, 1.54) is 10.6 Å². The second-order valence-electron chi connectivity index (χ2n) is 4.20. The highest BCUT2D eigenvalue weighted by Gasteiger charge is 2.53. The first-order chi connectivity index (χ1) is 5.41. The molecular weight excluding hydrogens is 176 g/mol. The molecular formula is C7H14N2O2S. The van der Waals surface area contributed by atoms with Gasteiger partial charge in [-0.1, -0.05) is 0 Å². The molecule has 0 radical (unpaired) electrons. The van der Waals surface area contributed by atoms with Gasteiger partial charge < -0.3 is 5.73 Å². The highest BCUT2D eigenvalue weighted by molar-refractivity contribution is 7.88. The molecule has 0 unspecified atom stereocenters. The van der Waals surface area contributed by atoms with Gasteiger partial charge >= 0.3 is 0 Å². The molecule has 5 heteroatoms. The Labute approximate surface area is 72.8 Å². The molecule has 4 nitrogen and oxygen atoms in total. The molecule has 1 saturated heterocycles. The number of hydrogen-bond acceptors (Lipinski definition) is 3. The van der Waals surface area contributed by atoms with Gasteiger partial charge in [0.15, 0.2) is 0 Å². The molecule has 2 aliphatic rings. The van der Waals surface area contributed by atoms with E-state index in [2.05, 4.69) is 0 Å². The van der Waals surface area contributed by atoms with Crippen molar-refractivity contribution >= 4 is 10.0 Å². The average Bonchev–Trinajstić information content (AvgIpc) is 1.71. The summed E-state index contributed by atoms with van der Waals surface area (Å²) in [6, 6.07) is 0.312. The average molecular weight is 190 g/mol. The Morgan fingerprint density at radius 2 is 1.92 bits per heavy atom. The number of rotatable bonds is 1. The Morgan fingerprint density at radius 3 is 2.25 bits per heavy atom. The van der Waals surface area contributed by atoms with Gasteiger partial charge in [0.2, 0.25) is 10.0 Å². The molecule has 0 aromatic carbocycles. The fourth-order valence-electron chi connectivity index (χ4n) is 2.25. The molecule has 0 aromatic heterocycles. The lowest BCUT2D eigenvalue weighted by atomic mass is 9.62. The van der Waals surface area contributed by atoms with Crippen molar-refractivity contribution in [2.24, 2.45) is 11.1 Å². The summed E-state index contributed by atoms with van der Waals surface area (Å²) in [5.41, 5.74) is 5.92. The third-order valence-corrected chi connectivity index (χ3v) is 4.08. The summed E-state index contributed by atoms with van der Waals surface area (Å²) in [7, 11) is -2.94.